The Hall–Kier alpha value is -1.13. The highest BCUT2D eigenvalue weighted by atomic mass is 16.5. The van der Waals surface area contributed by atoms with Gasteiger partial charge in [-0.25, -0.2) is 4.98 Å². The molecule has 17 heavy (non-hydrogen) atoms. The molecule has 1 rings (SSSR count). The number of likely N-dealkylation sites (N-methyl/N-ethyl adjacent to an activating group) is 1. The maximum absolute atomic E-state index is 5.19. The number of pyridine rings is 1. The van der Waals surface area contributed by atoms with Gasteiger partial charge in [0.1, 0.15) is 5.82 Å². The summed E-state index contributed by atoms with van der Waals surface area (Å²) in [6, 6.07) is 4.52. The summed E-state index contributed by atoms with van der Waals surface area (Å²) in [4.78, 5) is 6.74. The number of nitrogens with one attached hydrogen (secondary N) is 1. The average Bonchev–Trinajstić information content (AvgIpc) is 2.33. The zero-order valence-corrected chi connectivity index (χ0v) is 11.2. The normalized spacial score (nSPS) is 12.5. The van der Waals surface area contributed by atoms with E-state index in [9.17, 15) is 0 Å². The van der Waals surface area contributed by atoms with Crippen molar-refractivity contribution in [2.75, 3.05) is 32.2 Å². The quantitative estimate of drug-likeness (QED) is 0.782. The predicted octanol–water partition coefficient (Wildman–Crippen LogP) is 1.66. The second kappa shape index (κ2) is 7.25. The van der Waals surface area contributed by atoms with Crippen LogP contribution in [0.4, 0.5) is 5.82 Å². The van der Waals surface area contributed by atoms with Gasteiger partial charge in [-0.2, -0.15) is 0 Å². The third-order valence-corrected chi connectivity index (χ3v) is 2.76. The molecule has 0 spiro atoms. The average molecular weight is 237 g/mol. The minimum Gasteiger partial charge on any atom is -0.383 e. The summed E-state index contributed by atoms with van der Waals surface area (Å²) in [6.07, 6.45) is 1.92. The van der Waals surface area contributed by atoms with E-state index in [0.717, 1.165) is 18.9 Å². The smallest absolute Gasteiger partial charge is 0.128 e. The molecular formula is C13H23N3O. The fourth-order valence-corrected chi connectivity index (χ4v) is 1.93. The van der Waals surface area contributed by atoms with E-state index < -0.39 is 0 Å². The number of hydrogen-bond acceptors (Lipinski definition) is 4. The molecule has 0 saturated heterocycles. The van der Waals surface area contributed by atoms with Crippen LogP contribution in [0.5, 0.6) is 0 Å². The van der Waals surface area contributed by atoms with Gasteiger partial charge in [0.05, 0.1) is 12.6 Å². The SMILES string of the molecule is CCN(c1ccc(CNC)cn1)C(C)COC. The summed E-state index contributed by atoms with van der Waals surface area (Å²) >= 11 is 0. The zero-order chi connectivity index (χ0) is 12.7. The molecule has 0 aliphatic heterocycles. The van der Waals surface area contributed by atoms with E-state index in [0.29, 0.717) is 12.6 Å². The fraction of sp³-hybridized carbons (Fsp3) is 0.615. The lowest BCUT2D eigenvalue weighted by Crippen LogP contribution is -2.36. The first-order valence-electron chi connectivity index (χ1n) is 6.08. The Bertz CT molecular complexity index is 313. The van der Waals surface area contributed by atoms with Crippen molar-refractivity contribution in [3.8, 4) is 0 Å². The van der Waals surface area contributed by atoms with Crippen LogP contribution in [0.2, 0.25) is 0 Å². The second-order valence-corrected chi connectivity index (χ2v) is 4.15. The van der Waals surface area contributed by atoms with E-state index in [1.165, 1.54) is 5.56 Å². The van der Waals surface area contributed by atoms with Gasteiger partial charge >= 0.3 is 0 Å². The molecule has 96 valence electrons. The first-order valence-corrected chi connectivity index (χ1v) is 6.08. The molecule has 1 aromatic heterocycles. The third-order valence-electron chi connectivity index (χ3n) is 2.76. The summed E-state index contributed by atoms with van der Waals surface area (Å²) < 4.78 is 5.19. The van der Waals surface area contributed by atoms with Gasteiger partial charge in [-0.1, -0.05) is 6.07 Å². The maximum Gasteiger partial charge on any atom is 0.128 e. The number of nitrogens with zero attached hydrogens (tertiary/aromatic N) is 2. The van der Waals surface area contributed by atoms with Gasteiger partial charge in [-0.05, 0) is 32.5 Å². The molecule has 0 aromatic carbocycles. The summed E-state index contributed by atoms with van der Waals surface area (Å²) in [7, 11) is 3.67. The molecule has 1 unspecified atom stereocenters. The molecule has 1 N–H and O–H groups in total. The molecule has 0 radical (unpaired) electrons. The van der Waals surface area contributed by atoms with Gasteiger partial charge in [0.25, 0.3) is 0 Å². The van der Waals surface area contributed by atoms with E-state index in [1.54, 1.807) is 7.11 Å². The van der Waals surface area contributed by atoms with E-state index in [-0.39, 0.29) is 0 Å². The van der Waals surface area contributed by atoms with Crippen molar-refractivity contribution in [3.63, 3.8) is 0 Å². The molecule has 0 aliphatic rings. The number of ether oxygens (including phenoxy) is 1. The highest BCUT2D eigenvalue weighted by Crippen LogP contribution is 2.14. The topological polar surface area (TPSA) is 37.4 Å². The summed E-state index contributed by atoms with van der Waals surface area (Å²) in [5, 5.41) is 3.12. The Labute approximate surface area is 104 Å². The Balaban J connectivity index is 2.74. The van der Waals surface area contributed by atoms with Crippen LogP contribution >= 0.6 is 0 Å². The van der Waals surface area contributed by atoms with Crippen LogP contribution in [0.1, 0.15) is 19.4 Å². The Kier molecular flexibility index (Phi) is 5.94. The number of aromatic nitrogens is 1. The Morgan fingerprint density at radius 2 is 2.24 bits per heavy atom. The van der Waals surface area contributed by atoms with Gasteiger partial charge < -0.3 is 15.0 Å². The van der Waals surface area contributed by atoms with E-state index in [1.807, 2.05) is 13.2 Å². The fourth-order valence-electron chi connectivity index (χ4n) is 1.93. The van der Waals surface area contributed by atoms with Crippen LogP contribution in [0.15, 0.2) is 18.3 Å². The minimum absolute atomic E-state index is 0.340. The number of methoxy groups -OCH3 is 1. The van der Waals surface area contributed by atoms with Gasteiger partial charge in [-0.3, -0.25) is 0 Å². The van der Waals surface area contributed by atoms with E-state index in [4.69, 9.17) is 4.74 Å². The van der Waals surface area contributed by atoms with Gasteiger partial charge in [-0.15, -0.1) is 0 Å². The number of rotatable bonds is 7. The molecule has 0 bridgehead atoms. The monoisotopic (exact) mass is 237 g/mol. The molecule has 0 aliphatic carbocycles. The molecular weight excluding hydrogens is 214 g/mol. The lowest BCUT2D eigenvalue weighted by molar-refractivity contribution is 0.181. The Morgan fingerprint density at radius 1 is 1.47 bits per heavy atom. The molecule has 4 nitrogen and oxygen atoms in total. The molecule has 1 aromatic rings. The molecule has 4 heteroatoms. The van der Waals surface area contributed by atoms with Gasteiger partial charge in [0.2, 0.25) is 0 Å². The second-order valence-electron chi connectivity index (χ2n) is 4.15. The van der Waals surface area contributed by atoms with Crippen molar-refractivity contribution in [2.45, 2.75) is 26.4 Å². The van der Waals surface area contributed by atoms with Crippen LogP contribution in [-0.4, -0.2) is 38.3 Å². The van der Waals surface area contributed by atoms with Crippen LogP contribution in [0.3, 0.4) is 0 Å². The highest BCUT2D eigenvalue weighted by molar-refractivity contribution is 5.40. The first-order chi connectivity index (χ1) is 8.22. The Morgan fingerprint density at radius 3 is 2.71 bits per heavy atom. The van der Waals surface area contributed by atoms with Crippen molar-refractivity contribution in [1.29, 1.82) is 0 Å². The summed E-state index contributed by atoms with van der Waals surface area (Å²) in [5.41, 5.74) is 1.20. The van der Waals surface area contributed by atoms with Crippen LogP contribution in [-0.2, 0) is 11.3 Å². The third kappa shape index (κ3) is 3.98. The first kappa shape index (κ1) is 13.9. The zero-order valence-electron chi connectivity index (χ0n) is 11.2. The van der Waals surface area contributed by atoms with Gasteiger partial charge in [0, 0.05) is 26.4 Å². The molecule has 0 saturated carbocycles. The van der Waals surface area contributed by atoms with Crippen molar-refractivity contribution in [3.05, 3.63) is 23.9 Å². The lowest BCUT2D eigenvalue weighted by atomic mass is 10.2. The summed E-state index contributed by atoms with van der Waals surface area (Å²) in [6.45, 7) is 6.79. The largest absolute Gasteiger partial charge is 0.383 e. The van der Waals surface area contributed by atoms with E-state index >= 15 is 0 Å². The minimum atomic E-state index is 0.340. The van der Waals surface area contributed by atoms with Crippen LogP contribution < -0.4 is 10.2 Å². The molecule has 0 amide bonds. The van der Waals surface area contributed by atoms with Crippen LogP contribution in [0.25, 0.3) is 0 Å². The van der Waals surface area contributed by atoms with Crippen LogP contribution in [0, 0.1) is 0 Å². The lowest BCUT2D eigenvalue weighted by Gasteiger charge is -2.28. The molecule has 1 heterocycles. The van der Waals surface area contributed by atoms with Gasteiger partial charge in [0.15, 0.2) is 0 Å². The molecule has 0 fully saturated rings. The highest BCUT2D eigenvalue weighted by Gasteiger charge is 2.13. The van der Waals surface area contributed by atoms with Crippen molar-refractivity contribution in [2.24, 2.45) is 0 Å². The number of hydrogen-bond donors (Lipinski definition) is 1. The van der Waals surface area contributed by atoms with Crippen molar-refractivity contribution in [1.82, 2.24) is 10.3 Å². The molecule has 1 atom stereocenters. The van der Waals surface area contributed by atoms with Crippen molar-refractivity contribution < 1.29 is 4.74 Å². The summed E-state index contributed by atoms with van der Waals surface area (Å²) in [5.74, 6) is 1.01. The van der Waals surface area contributed by atoms with E-state index in [2.05, 4.69) is 41.2 Å². The number of anilines is 1. The predicted molar refractivity (Wildman–Crippen MR) is 71.4 cm³/mol. The standard InChI is InChI=1S/C13H23N3O/c1-5-16(11(2)10-17-4)13-7-6-12(8-14-3)9-15-13/h6-7,9,11,14H,5,8,10H2,1-4H3. The maximum atomic E-state index is 5.19. The van der Waals surface area contributed by atoms with Crippen molar-refractivity contribution >= 4 is 5.82 Å².